The molecule has 0 saturated carbocycles. The Morgan fingerprint density at radius 1 is 1.00 bits per heavy atom. The summed E-state index contributed by atoms with van der Waals surface area (Å²) in [5, 5.41) is 0. The van der Waals surface area contributed by atoms with Crippen LogP contribution >= 0.6 is 0 Å². The summed E-state index contributed by atoms with van der Waals surface area (Å²) in [7, 11) is 4.00. The fraction of sp³-hybridized carbons (Fsp3) is 0.400. The molecule has 2 nitrogen and oxygen atoms in total. The fourth-order valence-corrected chi connectivity index (χ4v) is 4.27. The number of likely N-dealkylation sites (tertiary alicyclic amines) is 1. The van der Waals surface area contributed by atoms with Crippen LogP contribution in [0, 0.1) is 0 Å². The van der Waals surface area contributed by atoms with E-state index >= 15 is 0 Å². The first-order valence-electron chi connectivity index (χ1n) is 8.19. The quantitative estimate of drug-likeness (QED) is 0.793. The zero-order valence-electron chi connectivity index (χ0n) is 13.4. The van der Waals surface area contributed by atoms with Gasteiger partial charge < -0.3 is 9.64 Å². The average molecular weight is 293 g/mol. The van der Waals surface area contributed by atoms with Crippen LogP contribution in [0.1, 0.15) is 40.5 Å². The van der Waals surface area contributed by atoms with Gasteiger partial charge in [0.1, 0.15) is 5.75 Å². The Balaban J connectivity index is 1.89. The zero-order valence-corrected chi connectivity index (χ0v) is 13.4. The standard InChI is InChI=1S/C20H23NO/c1-21-10-9-18-17-6-4-3-5-14(17)11-15-7-8-16(22-2)12-19(15)20(18)13-21/h3-8,12,18,20H,9-11,13H2,1-2H3. The minimum Gasteiger partial charge on any atom is -0.497 e. The lowest BCUT2D eigenvalue weighted by Crippen LogP contribution is -2.35. The Labute approximate surface area is 132 Å². The molecule has 2 heteroatoms. The molecule has 2 aromatic rings. The summed E-state index contributed by atoms with van der Waals surface area (Å²) < 4.78 is 5.49. The van der Waals surface area contributed by atoms with Crippen LogP contribution in [-0.2, 0) is 6.42 Å². The highest BCUT2D eigenvalue weighted by Gasteiger charge is 2.34. The highest BCUT2D eigenvalue weighted by Crippen LogP contribution is 2.45. The van der Waals surface area contributed by atoms with Gasteiger partial charge in [-0.15, -0.1) is 0 Å². The van der Waals surface area contributed by atoms with E-state index in [-0.39, 0.29) is 0 Å². The van der Waals surface area contributed by atoms with E-state index in [2.05, 4.69) is 54.4 Å². The normalized spacial score (nSPS) is 23.9. The minimum absolute atomic E-state index is 0.576. The molecule has 2 aromatic carbocycles. The Bertz CT molecular complexity index is 694. The van der Waals surface area contributed by atoms with Crippen molar-refractivity contribution in [3.05, 3.63) is 64.7 Å². The van der Waals surface area contributed by atoms with Crippen molar-refractivity contribution in [1.82, 2.24) is 4.90 Å². The number of benzene rings is 2. The SMILES string of the molecule is COc1ccc2c(c1)C1CN(C)CCC1c1ccccc1C2. The highest BCUT2D eigenvalue weighted by atomic mass is 16.5. The molecule has 1 aliphatic heterocycles. The molecule has 1 saturated heterocycles. The molecule has 0 aromatic heterocycles. The molecule has 2 unspecified atom stereocenters. The van der Waals surface area contributed by atoms with Gasteiger partial charge in [0, 0.05) is 12.5 Å². The third-order valence-electron chi connectivity index (χ3n) is 5.40. The molecule has 0 N–H and O–H groups in total. The lowest BCUT2D eigenvalue weighted by Gasteiger charge is -2.37. The lowest BCUT2D eigenvalue weighted by molar-refractivity contribution is 0.227. The van der Waals surface area contributed by atoms with Gasteiger partial charge in [0.05, 0.1) is 7.11 Å². The second-order valence-corrected chi connectivity index (χ2v) is 6.70. The summed E-state index contributed by atoms with van der Waals surface area (Å²) >= 11 is 0. The third-order valence-corrected chi connectivity index (χ3v) is 5.40. The molecule has 0 amide bonds. The fourth-order valence-electron chi connectivity index (χ4n) is 4.27. The molecule has 0 spiro atoms. The predicted molar refractivity (Wildman–Crippen MR) is 89.8 cm³/mol. The third kappa shape index (κ3) is 2.22. The molecule has 1 heterocycles. The van der Waals surface area contributed by atoms with E-state index in [1.165, 1.54) is 29.7 Å². The monoisotopic (exact) mass is 293 g/mol. The number of hydrogen-bond acceptors (Lipinski definition) is 2. The van der Waals surface area contributed by atoms with Crippen molar-refractivity contribution < 1.29 is 4.74 Å². The van der Waals surface area contributed by atoms with Crippen molar-refractivity contribution in [1.29, 1.82) is 0 Å². The van der Waals surface area contributed by atoms with Gasteiger partial charge >= 0.3 is 0 Å². The topological polar surface area (TPSA) is 12.5 Å². The first-order valence-corrected chi connectivity index (χ1v) is 8.19. The van der Waals surface area contributed by atoms with Crippen LogP contribution in [-0.4, -0.2) is 32.1 Å². The summed E-state index contributed by atoms with van der Waals surface area (Å²) in [6, 6.07) is 15.7. The van der Waals surface area contributed by atoms with Crippen molar-refractivity contribution in [2.45, 2.75) is 24.7 Å². The van der Waals surface area contributed by atoms with Crippen molar-refractivity contribution in [2.75, 3.05) is 27.2 Å². The summed E-state index contributed by atoms with van der Waals surface area (Å²) in [4.78, 5) is 2.47. The Hall–Kier alpha value is -1.80. The number of hydrogen-bond donors (Lipinski definition) is 0. The predicted octanol–water partition coefficient (Wildman–Crippen LogP) is 3.80. The van der Waals surface area contributed by atoms with Gasteiger partial charge in [-0.05, 0) is 66.7 Å². The van der Waals surface area contributed by atoms with Crippen molar-refractivity contribution in [3.63, 3.8) is 0 Å². The van der Waals surface area contributed by atoms with E-state index in [1.54, 1.807) is 12.7 Å². The van der Waals surface area contributed by atoms with Crippen LogP contribution in [0.2, 0.25) is 0 Å². The van der Waals surface area contributed by atoms with Gasteiger partial charge in [-0.3, -0.25) is 0 Å². The molecule has 2 atom stereocenters. The summed E-state index contributed by atoms with van der Waals surface area (Å²) in [6.45, 7) is 2.33. The van der Waals surface area contributed by atoms with Gasteiger partial charge in [0.2, 0.25) is 0 Å². The lowest BCUT2D eigenvalue weighted by atomic mass is 9.77. The molecule has 114 valence electrons. The van der Waals surface area contributed by atoms with E-state index in [0.717, 1.165) is 18.7 Å². The van der Waals surface area contributed by atoms with E-state index in [9.17, 15) is 0 Å². The van der Waals surface area contributed by atoms with Crippen molar-refractivity contribution in [3.8, 4) is 5.75 Å². The maximum atomic E-state index is 5.49. The van der Waals surface area contributed by atoms with Crippen LogP contribution in [0.15, 0.2) is 42.5 Å². The van der Waals surface area contributed by atoms with Gasteiger partial charge in [-0.25, -0.2) is 0 Å². The largest absolute Gasteiger partial charge is 0.497 e. The van der Waals surface area contributed by atoms with Crippen molar-refractivity contribution >= 4 is 0 Å². The average Bonchev–Trinajstić information content (AvgIpc) is 2.68. The number of fused-ring (bicyclic) bond motifs is 5. The number of ether oxygens (including phenoxy) is 1. The Kier molecular flexibility index (Phi) is 3.42. The van der Waals surface area contributed by atoms with Gasteiger partial charge in [-0.1, -0.05) is 30.3 Å². The molecule has 0 bridgehead atoms. The Morgan fingerprint density at radius 2 is 1.82 bits per heavy atom. The first-order chi connectivity index (χ1) is 10.8. The first kappa shape index (κ1) is 13.8. The van der Waals surface area contributed by atoms with Crippen LogP contribution in [0.4, 0.5) is 0 Å². The van der Waals surface area contributed by atoms with Crippen LogP contribution in [0.5, 0.6) is 5.75 Å². The molecule has 1 aliphatic carbocycles. The van der Waals surface area contributed by atoms with Gasteiger partial charge in [0.25, 0.3) is 0 Å². The number of likely N-dealkylation sites (N-methyl/N-ethyl adjacent to an activating group) is 1. The number of nitrogens with zero attached hydrogens (tertiary/aromatic N) is 1. The van der Waals surface area contributed by atoms with Gasteiger partial charge in [-0.2, -0.15) is 0 Å². The summed E-state index contributed by atoms with van der Waals surface area (Å²) in [5.41, 5.74) is 6.03. The van der Waals surface area contributed by atoms with Crippen LogP contribution < -0.4 is 4.74 Å². The molecule has 2 aliphatic rings. The van der Waals surface area contributed by atoms with Crippen LogP contribution in [0.25, 0.3) is 0 Å². The summed E-state index contributed by atoms with van der Waals surface area (Å²) in [6.07, 6.45) is 2.29. The molecular formula is C20H23NO. The molecule has 1 fully saturated rings. The molecular weight excluding hydrogens is 270 g/mol. The number of rotatable bonds is 1. The number of methoxy groups -OCH3 is 1. The van der Waals surface area contributed by atoms with E-state index in [0.29, 0.717) is 11.8 Å². The molecule has 22 heavy (non-hydrogen) atoms. The summed E-state index contributed by atoms with van der Waals surface area (Å²) in [5.74, 6) is 2.20. The highest BCUT2D eigenvalue weighted by molar-refractivity contribution is 5.48. The van der Waals surface area contributed by atoms with E-state index < -0.39 is 0 Å². The van der Waals surface area contributed by atoms with E-state index in [1.807, 2.05) is 0 Å². The van der Waals surface area contributed by atoms with Crippen LogP contribution in [0.3, 0.4) is 0 Å². The molecule has 0 radical (unpaired) electrons. The maximum absolute atomic E-state index is 5.49. The maximum Gasteiger partial charge on any atom is 0.119 e. The smallest absolute Gasteiger partial charge is 0.119 e. The minimum atomic E-state index is 0.576. The Morgan fingerprint density at radius 3 is 2.68 bits per heavy atom. The number of piperidine rings is 1. The van der Waals surface area contributed by atoms with Gasteiger partial charge in [0.15, 0.2) is 0 Å². The van der Waals surface area contributed by atoms with E-state index in [4.69, 9.17) is 4.74 Å². The second-order valence-electron chi connectivity index (χ2n) is 6.70. The molecule has 4 rings (SSSR count). The van der Waals surface area contributed by atoms with Crippen molar-refractivity contribution in [2.24, 2.45) is 0 Å². The zero-order chi connectivity index (χ0) is 15.1. The second kappa shape index (κ2) is 5.44.